The SMILES string of the molecule is CN(C)CCn1ccc2c(NS(=O)(=O)c3ccc4ccccc4c3)cccc21. The molecule has 1 aromatic heterocycles. The fraction of sp³-hybridized carbons (Fsp3) is 0.182. The molecule has 0 unspecified atom stereocenters. The first kappa shape index (κ1) is 18.5. The Hall–Kier alpha value is -2.83. The molecule has 0 atom stereocenters. The molecule has 144 valence electrons. The van der Waals surface area contributed by atoms with Crippen LogP contribution in [-0.2, 0) is 16.6 Å². The van der Waals surface area contributed by atoms with Gasteiger partial charge in [-0.05, 0) is 55.2 Å². The van der Waals surface area contributed by atoms with Crippen LogP contribution in [0.5, 0.6) is 0 Å². The van der Waals surface area contributed by atoms with Crippen molar-refractivity contribution in [2.24, 2.45) is 0 Å². The van der Waals surface area contributed by atoms with Crippen molar-refractivity contribution in [3.05, 3.63) is 72.9 Å². The van der Waals surface area contributed by atoms with Crippen LogP contribution in [0.4, 0.5) is 5.69 Å². The first-order valence-corrected chi connectivity index (χ1v) is 10.7. The molecule has 0 aliphatic heterocycles. The van der Waals surface area contributed by atoms with Crippen molar-refractivity contribution >= 4 is 37.4 Å². The molecule has 4 rings (SSSR count). The minimum atomic E-state index is -3.68. The lowest BCUT2D eigenvalue weighted by molar-refractivity contribution is 0.387. The quantitative estimate of drug-likeness (QED) is 0.535. The number of anilines is 1. The molecule has 28 heavy (non-hydrogen) atoms. The molecule has 3 aromatic carbocycles. The van der Waals surface area contributed by atoms with Crippen molar-refractivity contribution in [3.8, 4) is 0 Å². The molecule has 0 bridgehead atoms. The summed E-state index contributed by atoms with van der Waals surface area (Å²) in [5.41, 5.74) is 1.61. The summed E-state index contributed by atoms with van der Waals surface area (Å²) >= 11 is 0. The Bertz CT molecular complexity index is 1240. The highest BCUT2D eigenvalue weighted by molar-refractivity contribution is 7.92. The highest BCUT2D eigenvalue weighted by atomic mass is 32.2. The van der Waals surface area contributed by atoms with E-state index in [0.717, 1.165) is 34.8 Å². The van der Waals surface area contributed by atoms with Gasteiger partial charge < -0.3 is 9.47 Å². The van der Waals surface area contributed by atoms with Crippen molar-refractivity contribution < 1.29 is 8.42 Å². The average molecular weight is 394 g/mol. The van der Waals surface area contributed by atoms with E-state index >= 15 is 0 Å². The fourth-order valence-electron chi connectivity index (χ4n) is 3.35. The van der Waals surface area contributed by atoms with E-state index in [4.69, 9.17) is 0 Å². The Morgan fingerprint density at radius 2 is 1.71 bits per heavy atom. The van der Waals surface area contributed by atoms with E-state index in [2.05, 4.69) is 14.2 Å². The second-order valence-corrected chi connectivity index (χ2v) is 8.85. The molecule has 6 heteroatoms. The molecule has 5 nitrogen and oxygen atoms in total. The Labute approximate surface area is 165 Å². The zero-order valence-corrected chi connectivity index (χ0v) is 16.8. The normalized spacial score (nSPS) is 12.1. The molecule has 1 N–H and O–H groups in total. The summed E-state index contributed by atoms with van der Waals surface area (Å²) in [5.74, 6) is 0. The highest BCUT2D eigenvalue weighted by Gasteiger charge is 2.17. The van der Waals surface area contributed by atoms with Crippen LogP contribution < -0.4 is 4.72 Å². The number of sulfonamides is 1. The summed E-state index contributed by atoms with van der Waals surface area (Å²) in [6.07, 6.45) is 2.00. The van der Waals surface area contributed by atoms with Gasteiger partial charge >= 0.3 is 0 Å². The second-order valence-electron chi connectivity index (χ2n) is 7.17. The van der Waals surface area contributed by atoms with Crippen LogP contribution in [0.1, 0.15) is 0 Å². The van der Waals surface area contributed by atoms with Gasteiger partial charge in [0, 0.05) is 24.7 Å². The van der Waals surface area contributed by atoms with E-state index in [1.54, 1.807) is 18.2 Å². The minimum absolute atomic E-state index is 0.259. The third-order valence-corrected chi connectivity index (χ3v) is 6.24. The van der Waals surface area contributed by atoms with Gasteiger partial charge in [-0.25, -0.2) is 8.42 Å². The topological polar surface area (TPSA) is 54.3 Å². The highest BCUT2D eigenvalue weighted by Crippen LogP contribution is 2.28. The summed E-state index contributed by atoms with van der Waals surface area (Å²) in [4.78, 5) is 2.38. The summed E-state index contributed by atoms with van der Waals surface area (Å²) in [6.45, 7) is 1.76. The fourth-order valence-corrected chi connectivity index (χ4v) is 4.47. The van der Waals surface area contributed by atoms with E-state index in [1.807, 2.05) is 68.8 Å². The van der Waals surface area contributed by atoms with E-state index in [1.165, 1.54) is 0 Å². The third kappa shape index (κ3) is 3.61. The number of fused-ring (bicyclic) bond motifs is 2. The maximum atomic E-state index is 13.0. The largest absolute Gasteiger partial charge is 0.346 e. The Morgan fingerprint density at radius 1 is 0.929 bits per heavy atom. The Morgan fingerprint density at radius 3 is 2.50 bits per heavy atom. The maximum Gasteiger partial charge on any atom is 0.261 e. The number of nitrogens with one attached hydrogen (secondary N) is 1. The number of hydrogen-bond acceptors (Lipinski definition) is 3. The van der Waals surface area contributed by atoms with Gasteiger partial charge in [-0.3, -0.25) is 4.72 Å². The van der Waals surface area contributed by atoms with E-state index in [0.29, 0.717) is 5.69 Å². The Balaban J connectivity index is 1.68. The molecule has 1 heterocycles. The average Bonchev–Trinajstić information content (AvgIpc) is 3.10. The van der Waals surface area contributed by atoms with Crippen LogP contribution in [0.25, 0.3) is 21.7 Å². The van der Waals surface area contributed by atoms with Gasteiger partial charge in [-0.15, -0.1) is 0 Å². The van der Waals surface area contributed by atoms with Crippen LogP contribution in [0.2, 0.25) is 0 Å². The van der Waals surface area contributed by atoms with Crippen molar-refractivity contribution in [3.63, 3.8) is 0 Å². The number of hydrogen-bond donors (Lipinski definition) is 1. The lowest BCUT2D eigenvalue weighted by Gasteiger charge is -2.13. The van der Waals surface area contributed by atoms with Crippen molar-refractivity contribution in [1.29, 1.82) is 0 Å². The van der Waals surface area contributed by atoms with Gasteiger partial charge in [0.15, 0.2) is 0 Å². The zero-order chi connectivity index (χ0) is 19.7. The molecular weight excluding hydrogens is 370 g/mol. The van der Waals surface area contributed by atoms with E-state index in [9.17, 15) is 8.42 Å². The van der Waals surface area contributed by atoms with Crippen molar-refractivity contribution in [1.82, 2.24) is 9.47 Å². The molecule has 0 aliphatic rings. The predicted octanol–water partition coefficient (Wildman–Crippen LogP) is 4.16. The van der Waals surface area contributed by atoms with Crippen LogP contribution in [0.3, 0.4) is 0 Å². The van der Waals surface area contributed by atoms with Crippen LogP contribution >= 0.6 is 0 Å². The number of likely N-dealkylation sites (N-methyl/N-ethyl adjacent to an activating group) is 1. The molecule has 0 saturated carbocycles. The number of benzene rings is 3. The lowest BCUT2D eigenvalue weighted by atomic mass is 10.1. The molecule has 0 saturated heterocycles. The third-order valence-electron chi connectivity index (χ3n) is 4.88. The van der Waals surface area contributed by atoms with E-state index < -0.39 is 10.0 Å². The molecule has 0 fully saturated rings. The molecule has 0 amide bonds. The van der Waals surface area contributed by atoms with Gasteiger partial charge in [0.2, 0.25) is 0 Å². The number of aromatic nitrogens is 1. The molecule has 4 aromatic rings. The summed E-state index contributed by atoms with van der Waals surface area (Å²) in [7, 11) is 0.393. The van der Waals surface area contributed by atoms with Gasteiger partial charge in [-0.2, -0.15) is 0 Å². The molecule has 0 aliphatic carbocycles. The summed E-state index contributed by atoms with van der Waals surface area (Å²) in [6, 6.07) is 20.6. The lowest BCUT2D eigenvalue weighted by Crippen LogP contribution is -2.18. The van der Waals surface area contributed by atoms with Crippen LogP contribution in [-0.4, -0.2) is 38.5 Å². The monoisotopic (exact) mass is 393 g/mol. The predicted molar refractivity (Wildman–Crippen MR) is 115 cm³/mol. The van der Waals surface area contributed by atoms with E-state index in [-0.39, 0.29) is 4.90 Å². The summed E-state index contributed by atoms with van der Waals surface area (Å²) in [5, 5.41) is 2.81. The molecular formula is C22H23N3O2S. The zero-order valence-electron chi connectivity index (χ0n) is 16.0. The standard InChI is InChI=1S/C22H23N3O2S/c1-24(2)14-15-25-13-12-20-21(8-5-9-22(20)25)23-28(26,27)19-11-10-17-6-3-4-7-18(17)16-19/h3-13,16,23H,14-15H2,1-2H3. The van der Waals surface area contributed by atoms with Gasteiger partial charge in [0.1, 0.15) is 0 Å². The summed E-state index contributed by atoms with van der Waals surface area (Å²) < 4.78 is 30.9. The first-order chi connectivity index (χ1) is 13.4. The van der Waals surface area contributed by atoms with Crippen LogP contribution in [0.15, 0.2) is 77.8 Å². The van der Waals surface area contributed by atoms with Crippen LogP contribution in [0, 0.1) is 0 Å². The smallest absolute Gasteiger partial charge is 0.261 e. The number of rotatable bonds is 6. The molecule has 0 radical (unpaired) electrons. The van der Waals surface area contributed by atoms with Crippen molar-refractivity contribution in [2.75, 3.05) is 25.4 Å². The minimum Gasteiger partial charge on any atom is -0.346 e. The first-order valence-electron chi connectivity index (χ1n) is 9.18. The van der Waals surface area contributed by atoms with Crippen molar-refractivity contribution in [2.45, 2.75) is 11.4 Å². The number of nitrogens with zero attached hydrogens (tertiary/aromatic N) is 2. The van der Waals surface area contributed by atoms with Gasteiger partial charge in [0.25, 0.3) is 10.0 Å². The van der Waals surface area contributed by atoms with Gasteiger partial charge in [-0.1, -0.05) is 36.4 Å². The maximum absolute atomic E-state index is 13.0. The van der Waals surface area contributed by atoms with Gasteiger partial charge in [0.05, 0.1) is 16.1 Å². The molecule has 0 spiro atoms. The Kier molecular flexibility index (Phi) is 4.83. The second kappa shape index (κ2) is 7.30.